The van der Waals surface area contributed by atoms with E-state index in [2.05, 4.69) is 27.9 Å². The number of fused-ring (bicyclic) bond motifs is 1. The van der Waals surface area contributed by atoms with Crippen molar-refractivity contribution in [1.29, 1.82) is 5.26 Å². The molecule has 0 amide bonds. The van der Waals surface area contributed by atoms with Crippen molar-refractivity contribution in [3.05, 3.63) is 36.0 Å². The smallest absolute Gasteiger partial charge is 0.199 e. The summed E-state index contributed by atoms with van der Waals surface area (Å²) >= 11 is 0. The molecule has 0 bridgehead atoms. The van der Waals surface area contributed by atoms with Crippen LogP contribution in [0.25, 0.3) is 22.3 Å². The number of anilines is 1. The number of hydrogen-bond acceptors (Lipinski definition) is 6. The van der Waals surface area contributed by atoms with Crippen LogP contribution in [0.15, 0.2) is 30.5 Å². The fraction of sp³-hybridized carbons (Fsp3) is 0.316. The van der Waals surface area contributed by atoms with Gasteiger partial charge in [0.05, 0.1) is 12.2 Å². The number of nitrogens with one attached hydrogen (secondary N) is 1. The van der Waals surface area contributed by atoms with Gasteiger partial charge in [-0.15, -0.1) is 0 Å². The Morgan fingerprint density at radius 2 is 2.12 bits per heavy atom. The third kappa shape index (κ3) is 3.76. The molecule has 0 aliphatic heterocycles. The third-order valence-electron chi connectivity index (χ3n) is 4.11. The summed E-state index contributed by atoms with van der Waals surface area (Å²) in [6.07, 6.45) is 2.55. The van der Waals surface area contributed by atoms with Gasteiger partial charge in [0.1, 0.15) is 17.3 Å². The summed E-state index contributed by atoms with van der Waals surface area (Å²) in [7, 11) is 0. The molecule has 1 aromatic carbocycles. The van der Waals surface area contributed by atoms with Gasteiger partial charge in [-0.2, -0.15) is 5.26 Å². The first kappa shape index (κ1) is 17.7. The number of rotatable bonds is 6. The fourth-order valence-corrected chi connectivity index (χ4v) is 3.01. The first-order valence-corrected chi connectivity index (χ1v) is 8.51. The maximum absolute atomic E-state index is 9.51. The van der Waals surface area contributed by atoms with Crippen LogP contribution in [0, 0.1) is 17.2 Å². The Morgan fingerprint density at radius 1 is 1.31 bits per heavy atom. The molecular weight excluding hydrogens is 328 g/mol. The molecule has 0 spiro atoms. The molecule has 0 saturated carbocycles. The minimum atomic E-state index is 0.127. The maximum Gasteiger partial charge on any atom is 0.199 e. The molecule has 7 heteroatoms. The quantitative estimate of drug-likeness (QED) is 0.627. The zero-order valence-corrected chi connectivity index (χ0v) is 14.9. The van der Waals surface area contributed by atoms with Crippen LogP contribution in [-0.2, 0) is 0 Å². The van der Waals surface area contributed by atoms with Crippen LogP contribution in [-0.4, -0.2) is 27.6 Å². The van der Waals surface area contributed by atoms with E-state index in [1.165, 1.54) is 0 Å². The zero-order chi connectivity index (χ0) is 18.7. The molecule has 0 saturated heterocycles. The first-order valence-electron chi connectivity index (χ1n) is 8.51. The van der Waals surface area contributed by atoms with E-state index in [1.807, 2.05) is 25.1 Å². The minimum Gasteiger partial charge on any atom is -0.492 e. The number of aromatic nitrogens is 3. The maximum atomic E-state index is 9.51. The lowest BCUT2D eigenvalue weighted by atomic mass is 10.0. The predicted octanol–water partition coefficient (Wildman–Crippen LogP) is 2.83. The number of pyridine rings is 1. The van der Waals surface area contributed by atoms with Crippen molar-refractivity contribution in [3.8, 4) is 22.9 Å². The fourth-order valence-electron chi connectivity index (χ4n) is 3.01. The lowest BCUT2D eigenvalue weighted by Crippen LogP contribution is -2.21. The van der Waals surface area contributed by atoms with Crippen LogP contribution >= 0.6 is 0 Å². The minimum absolute atomic E-state index is 0.127. The van der Waals surface area contributed by atoms with Crippen LogP contribution in [0.1, 0.15) is 25.8 Å². The van der Waals surface area contributed by atoms with Gasteiger partial charge in [-0.1, -0.05) is 13.0 Å². The van der Waals surface area contributed by atoms with Crippen molar-refractivity contribution in [3.63, 3.8) is 0 Å². The van der Waals surface area contributed by atoms with Gasteiger partial charge in [-0.25, -0.2) is 9.97 Å². The summed E-state index contributed by atoms with van der Waals surface area (Å²) in [4.78, 5) is 11.4. The Kier molecular flexibility index (Phi) is 5.05. The van der Waals surface area contributed by atoms with E-state index in [0.29, 0.717) is 40.9 Å². The van der Waals surface area contributed by atoms with E-state index < -0.39 is 0 Å². The SMILES string of the molecule is CC(N)CC(C)COc1ccc(-c2ccnc3[nH]c(N)nc23)cc1C#N. The molecule has 2 heterocycles. The van der Waals surface area contributed by atoms with E-state index >= 15 is 0 Å². The zero-order valence-electron chi connectivity index (χ0n) is 14.9. The highest BCUT2D eigenvalue weighted by atomic mass is 16.5. The van der Waals surface area contributed by atoms with Gasteiger partial charge in [0.25, 0.3) is 0 Å². The first-order chi connectivity index (χ1) is 12.5. The Hall–Kier alpha value is -3.11. The van der Waals surface area contributed by atoms with Gasteiger partial charge < -0.3 is 21.2 Å². The highest BCUT2D eigenvalue weighted by Gasteiger charge is 2.13. The Morgan fingerprint density at radius 3 is 2.85 bits per heavy atom. The van der Waals surface area contributed by atoms with Gasteiger partial charge in [0.2, 0.25) is 0 Å². The standard InChI is InChI=1S/C19H22N6O/c1-11(7-12(2)21)10-26-16-4-3-13(8-14(16)9-20)15-5-6-23-18-17(15)24-19(22)25-18/h3-6,8,11-12H,7,10,21H2,1-2H3,(H3,22,23,24,25). The molecule has 2 aromatic heterocycles. The van der Waals surface area contributed by atoms with Crippen molar-refractivity contribution in [2.75, 3.05) is 12.3 Å². The number of ether oxygens (including phenoxy) is 1. The second kappa shape index (κ2) is 7.42. The van der Waals surface area contributed by atoms with Crippen molar-refractivity contribution in [2.45, 2.75) is 26.3 Å². The van der Waals surface area contributed by atoms with Crippen LogP contribution in [0.3, 0.4) is 0 Å². The summed E-state index contributed by atoms with van der Waals surface area (Å²) < 4.78 is 5.84. The molecule has 3 rings (SSSR count). The Labute approximate surface area is 152 Å². The molecule has 0 radical (unpaired) electrons. The van der Waals surface area contributed by atoms with E-state index in [4.69, 9.17) is 16.2 Å². The van der Waals surface area contributed by atoms with Gasteiger partial charge in [-0.05, 0) is 43.0 Å². The highest BCUT2D eigenvalue weighted by molar-refractivity contribution is 5.91. The van der Waals surface area contributed by atoms with Crippen LogP contribution in [0.4, 0.5) is 5.95 Å². The topological polar surface area (TPSA) is 127 Å². The Bertz CT molecular complexity index is 956. The lowest BCUT2D eigenvalue weighted by Gasteiger charge is -2.16. The molecule has 5 N–H and O–H groups in total. The van der Waals surface area contributed by atoms with E-state index in [0.717, 1.165) is 17.5 Å². The van der Waals surface area contributed by atoms with Crippen LogP contribution in [0.5, 0.6) is 5.75 Å². The summed E-state index contributed by atoms with van der Waals surface area (Å²) in [5, 5.41) is 9.51. The Balaban J connectivity index is 1.88. The number of nitriles is 1. The van der Waals surface area contributed by atoms with Gasteiger partial charge >= 0.3 is 0 Å². The molecule has 0 fully saturated rings. The van der Waals surface area contributed by atoms with Gasteiger partial charge in [0.15, 0.2) is 11.6 Å². The van der Waals surface area contributed by atoms with Crippen molar-refractivity contribution in [1.82, 2.24) is 15.0 Å². The largest absolute Gasteiger partial charge is 0.492 e. The van der Waals surface area contributed by atoms with Crippen molar-refractivity contribution >= 4 is 17.1 Å². The molecule has 0 aliphatic carbocycles. The van der Waals surface area contributed by atoms with Gasteiger partial charge in [-0.3, -0.25) is 0 Å². The van der Waals surface area contributed by atoms with E-state index in [9.17, 15) is 5.26 Å². The monoisotopic (exact) mass is 350 g/mol. The number of hydrogen-bond donors (Lipinski definition) is 3. The second-order valence-corrected chi connectivity index (χ2v) is 6.63. The van der Waals surface area contributed by atoms with Crippen molar-refractivity contribution < 1.29 is 4.74 Å². The van der Waals surface area contributed by atoms with Gasteiger partial charge in [0, 0.05) is 17.8 Å². The average Bonchev–Trinajstić information content (AvgIpc) is 2.99. The predicted molar refractivity (Wildman–Crippen MR) is 101 cm³/mol. The second-order valence-electron chi connectivity index (χ2n) is 6.63. The number of nitrogen functional groups attached to an aromatic ring is 1. The number of imidazole rings is 1. The molecular formula is C19H22N6O. The van der Waals surface area contributed by atoms with Crippen molar-refractivity contribution in [2.24, 2.45) is 11.7 Å². The molecule has 0 aliphatic rings. The molecule has 134 valence electrons. The number of aromatic amines is 1. The number of nitrogens with two attached hydrogens (primary N) is 2. The highest BCUT2D eigenvalue weighted by Crippen LogP contribution is 2.30. The van der Waals surface area contributed by atoms with E-state index in [-0.39, 0.29) is 6.04 Å². The van der Waals surface area contributed by atoms with Crippen LogP contribution < -0.4 is 16.2 Å². The molecule has 2 atom stereocenters. The van der Waals surface area contributed by atoms with Crippen LogP contribution in [0.2, 0.25) is 0 Å². The molecule has 7 nitrogen and oxygen atoms in total. The summed E-state index contributed by atoms with van der Waals surface area (Å²) in [5.41, 5.74) is 15.0. The average molecular weight is 350 g/mol. The summed E-state index contributed by atoms with van der Waals surface area (Å²) in [5.74, 6) is 1.19. The molecule has 26 heavy (non-hydrogen) atoms. The lowest BCUT2D eigenvalue weighted by molar-refractivity contribution is 0.246. The number of H-pyrrole nitrogens is 1. The normalized spacial score (nSPS) is 13.3. The summed E-state index contributed by atoms with van der Waals surface area (Å²) in [6.45, 7) is 4.58. The molecule has 3 aromatic rings. The van der Waals surface area contributed by atoms with E-state index in [1.54, 1.807) is 12.3 Å². The number of nitrogens with zero attached hydrogens (tertiary/aromatic N) is 3. The number of benzene rings is 1. The summed E-state index contributed by atoms with van der Waals surface area (Å²) in [6, 6.07) is 9.70. The third-order valence-corrected chi connectivity index (χ3v) is 4.11. The molecule has 2 unspecified atom stereocenters.